The Bertz CT molecular complexity index is 603. The number of rotatable bonds is 8. The largest absolute Gasteiger partial charge is 0.475 e. The fourth-order valence-corrected chi connectivity index (χ4v) is 2.64. The van der Waals surface area contributed by atoms with Gasteiger partial charge in [0.25, 0.3) is 10.0 Å². The summed E-state index contributed by atoms with van der Waals surface area (Å²) in [5.74, 6) is -1.98. The topological polar surface area (TPSA) is 117 Å². The molecule has 1 amide bonds. The molecule has 0 unspecified atom stereocenters. The third kappa shape index (κ3) is 4.57. The second kappa shape index (κ2) is 7.23. The number of carbonyl (C=O) groups excluding carboxylic acids is 1. The highest BCUT2D eigenvalue weighted by atomic mass is 32.2. The summed E-state index contributed by atoms with van der Waals surface area (Å²) < 4.78 is 30.6. The highest BCUT2D eigenvalue weighted by Gasteiger charge is 2.21. The lowest BCUT2D eigenvalue weighted by Crippen LogP contribution is -2.34. The second-order valence-electron chi connectivity index (χ2n) is 4.14. The molecule has 1 rings (SSSR count). The Hall–Kier alpha value is -1.87. The zero-order chi connectivity index (χ0) is 16.0. The molecular weight excluding hydrogens is 300 g/mol. The van der Waals surface area contributed by atoms with Crippen molar-refractivity contribution in [2.24, 2.45) is 0 Å². The molecule has 0 aromatic carbocycles. The van der Waals surface area contributed by atoms with Crippen molar-refractivity contribution in [2.75, 3.05) is 19.6 Å². The van der Waals surface area contributed by atoms with Crippen molar-refractivity contribution < 1.29 is 27.5 Å². The highest BCUT2D eigenvalue weighted by molar-refractivity contribution is 7.89. The van der Waals surface area contributed by atoms with E-state index >= 15 is 0 Å². The van der Waals surface area contributed by atoms with E-state index in [1.807, 2.05) is 13.8 Å². The summed E-state index contributed by atoms with van der Waals surface area (Å²) in [5.41, 5.74) is 0. The van der Waals surface area contributed by atoms with E-state index in [1.54, 1.807) is 4.90 Å². The fourth-order valence-electron chi connectivity index (χ4n) is 1.68. The number of hydrogen-bond acceptors (Lipinski definition) is 5. The lowest BCUT2D eigenvalue weighted by atomic mass is 10.3. The predicted octanol–water partition coefficient (Wildman–Crippen LogP) is 0.515. The van der Waals surface area contributed by atoms with Gasteiger partial charge in [-0.25, -0.2) is 17.9 Å². The van der Waals surface area contributed by atoms with Crippen LogP contribution in [-0.4, -0.2) is 49.9 Å². The Morgan fingerprint density at radius 3 is 2.38 bits per heavy atom. The first kappa shape index (κ1) is 17.2. The molecule has 0 radical (unpaired) electrons. The number of carbonyl (C=O) groups is 2. The van der Waals surface area contributed by atoms with Gasteiger partial charge in [0.15, 0.2) is 0 Å². The number of nitrogens with one attached hydrogen (secondary N) is 1. The molecule has 2 N–H and O–H groups in total. The van der Waals surface area contributed by atoms with Gasteiger partial charge in [0, 0.05) is 26.1 Å². The molecule has 0 saturated carbocycles. The van der Waals surface area contributed by atoms with E-state index in [2.05, 4.69) is 4.72 Å². The van der Waals surface area contributed by atoms with Gasteiger partial charge in [-0.1, -0.05) is 0 Å². The van der Waals surface area contributed by atoms with E-state index in [0.29, 0.717) is 13.1 Å². The molecule has 0 aliphatic heterocycles. The van der Waals surface area contributed by atoms with Gasteiger partial charge >= 0.3 is 5.97 Å². The van der Waals surface area contributed by atoms with Gasteiger partial charge in [0.05, 0.1) is 0 Å². The van der Waals surface area contributed by atoms with Crippen molar-refractivity contribution in [3.8, 4) is 0 Å². The molecule has 21 heavy (non-hydrogen) atoms. The van der Waals surface area contributed by atoms with Crippen molar-refractivity contribution in [2.45, 2.75) is 25.4 Å². The van der Waals surface area contributed by atoms with Crippen LogP contribution in [0.3, 0.4) is 0 Å². The number of carboxylic acid groups (broad SMARTS) is 1. The van der Waals surface area contributed by atoms with Crippen LogP contribution < -0.4 is 4.72 Å². The molecule has 0 fully saturated rings. The quantitative estimate of drug-likeness (QED) is 0.721. The number of hydrogen-bond donors (Lipinski definition) is 2. The van der Waals surface area contributed by atoms with E-state index in [4.69, 9.17) is 9.52 Å². The molecule has 118 valence electrons. The first-order valence-electron chi connectivity index (χ1n) is 6.42. The smallest absolute Gasteiger partial charge is 0.371 e. The van der Waals surface area contributed by atoms with Crippen LogP contribution >= 0.6 is 0 Å². The van der Waals surface area contributed by atoms with Crippen molar-refractivity contribution >= 4 is 21.9 Å². The molecule has 0 atom stereocenters. The molecular formula is C12H18N2O6S. The van der Waals surface area contributed by atoms with E-state index in [9.17, 15) is 18.0 Å². The summed E-state index contributed by atoms with van der Waals surface area (Å²) >= 11 is 0. The first-order chi connectivity index (χ1) is 9.81. The molecule has 0 aliphatic rings. The fraction of sp³-hybridized carbons (Fsp3) is 0.500. The van der Waals surface area contributed by atoms with Gasteiger partial charge < -0.3 is 14.4 Å². The van der Waals surface area contributed by atoms with E-state index < -0.39 is 26.8 Å². The summed E-state index contributed by atoms with van der Waals surface area (Å²) in [6, 6.07) is 2.11. The third-order valence-electron chi connectivity index (χ3n) is 2.80. The maximum atomic E-state index is 11.8. The van der Waals surface area contributed by atoms with Crippen LogP contribution in [-0.2, 0) is 14.8 Å². The number of sulfonamides is 1. The van der Waals surface area contributed by atoms with Gasteiger partial charge in [0.2, 0.25) is 16.8 Å². The van der Waals surface area contributed by atoms with Crippen molar-refractivity contribution in [3.63, 3.8) is 0 Å². The van der Waals surface area contributed by atoms with Crippen molar-refractivity contribution in [3.05, 3.63) is 17.9 Å². The predicted molar refractivity (Wildman–Crippen MR) is 73.4 cm³/mol. The molecule has 8 nitrogen and oxygen atoms in total. The van der Waals surface area contributed by atoms with Crippen LogP contribution in [0.1, 0.15) is 30.8 Å². The van der Waals surface area contributed by atoms with Crippen LogP contribution in [0.2, 0.25) is 0 Å². The second-order valence-corrected chi connectivity index (χ2v) is 5.84. The Balaban J connectivity index is 2.61. The zero-order valence-corrected chi connectivity index (χ0v) is 12.6. The van der Waals surface area contributed by atoms with Crippen LogP contribution in [0.5, 0.6) is 0 Å². The highest BCUT2D eigenvalue weighted by Crippen LogP contribution is 2.13. The summed E-state index contributed by atoms with van der Waals surface area (Å²) in [6.07, 6.45) is 0.0212. The Kier molecular flexibility index (Phi) is 5.91. The zero-order valence-electron chi connectivity index (χ0n) is 11.8. The van der Waals surface area contributed by atoms with E-state index in [-0.39, 0.29) is 18.9 Å². The average molecular weight is 318 g/mol. The molecule has 9 heteroatoms. The SMILES string of the molecule is CCN(CC)C(=O)CCNS(=O)(=O)c1ccc(C(=O)O)o1. The number of nitrogens with zero attached hydrogens (tertiary/aromatic N) is 1. The lowest BCUT2D eigenvalue weighted by molar-refractivity contribution is -0.130. The van der Waals surface area contributed by atoms with Crippen molar-refractivity contribution in [1.82, 2.24) is 9.62 Å². The molecule has 0 aliphatic carbocycles. The van der Waals surface area contributed by atoms with Crippen LogP contribution in [0, 0.1) is 0 Å². The minimum atomic E-state index is -3.96. The van der Waals surface area contributed by atoms with Gasteiger partial charge in [-0.05, 0) is 26.0 Å². The maximum absolute atomic E-state index is 11.8. The summed E-state index contributed by atoms with van der Waals surface area (Å²) in [6.45, 7) is 4.70. The summed E-state index contributed by atoms with van der Waals surface area (Å²) in [4.78, 5) is 23.9. The minimum Gasteiger partial charge on any atom is -0.475 e. The molecule has 0 spiro atoms. The number of aromatic carboxylic acids is 1. The van der Waals surface area contributed by atoms with Crippen LogP contribution in [0.25, 0.3) is 0 Å². The van der Waals surface area contributed by atoms with Gasteiger partial charge in [-0.2, -0.15) is 0 Å². The molecule has 1 aromatic rings. The number of carboxylic acids is 1. The molecule has 0 saturated heterocycles. The lowest BCUT2D eigenvalue weighted by Gasteiger charge is -2.18. The van der Waals surface area contributed by atoms with Gasteiger partial charge in [-0.15, -0.1) is 0 Å². The number of furan rings is 1. The normalized spacial score (nSPS) is 11.3. The monoisotopic (exact) mass is 318 g/mol. The number of amides is 1. The molecule has 0 bridgehead atoms. The Morgan fingerprint density at radius 1 is 1.29 bits per heavy atom. The third-order valence-corrected chi connectivity index (χ3v) is 4.14. The first-order valence-corrected chi connectivity index (χ1v) is 7.90. The van der Waals surface area contributed by atoms with Gasteiger partial charge in [0.1, 0.15) is 0 Å². The summed E-state index contributed by atoms with van der Waals surface area (Å²) in [7, 11) is -3.96. The summed E-state index contributed by atoms with van der Waals surface area (Å²) in [5, 5.41) is 8.18. The van der Waals surface area contributed by atoms with E-state index in [1.165, 1.54) is 0 Å². The van der Waals surface area contributed by atoms with Crippen LogP contribution in [0.15, 0.2) is 21.6 Å². The van der Waals surface area contributed by atoms with Crippen molar-refractivity contribution in [1.29, 1.82) is 0 Å². The van der Waals surface area contributed by atoms with E-state index in [0.717, 1.165) is 12.1 Å². The van der Waals surface area contributed by atoms with Crippen LogP contribution in [0.4, 0.5) is 0 Å². The molecule has 1 heterocycles. The van der Waals surface area contributed by atoms with Gasteiger partial charge in [-0.3, -0.25) is 4.79 Å². The average Bonchev–Trinajstić information content (AvgIpc) is 2.90. The minimum absolute atomic E-state index is 0.0212. The standard InChI is InChI=1S/C12H18N2O6S/c1-3-14(4-2)10(15)7-8-13-21(18,19)11-6-5-9(20-11)12(16)17/h5-6,13H,3-4,7-8H2,1-2H3,(H,16,17). The molecule has 1 aromatic heterocycles. The maximum Gasteiger partial charge on any atom is 0.371 e. The Labute approximate surface area is 122 Å². The Morgan fingerprint density at radius 2 is 1.90 bits per heavy atom.